The van der Waals surface area contributed by atoms with Gasteiger partial charge in [0.25, 0.3) is 0 Å². The van der Waals surface area contributed by atoms with Crippen LogP contribution in [0.15, 0.2) is 4.99 Å². The van der Waals surface area contributed by atoms with Crippen LogP contribution in [0.5, 0.6) is 0 Å². The second kappa shape index (κ2) is 16.3. The van der Waals surface area contributed by atoms with Gasteiger partial charge >= 0.3 is 0 Å². The molecule has 0 aromatic heterocycles. The smallest absolute Gasteiger partial charge is 0.191 e. The molecule has 0 spiro atoms. The Kier molecular flexibility index (Phi) is 18.0. The fourth-order valence-corrected chi connectivity index (χ4v) is 1.90. The molecule has 0 rings (SSSR count). The Morgan fingerprint density at radius 2 is 1.90 bits per heavy atom. The lowest BCUT2D eigenvalue weighted by Gasteiger charge is -2.21. The van der Waals surface area contributed by atoms with Gasteiger partial charge in [0.1, 0.15) is 0 Å². The maximum atomic E-state index is 5.74. The van der Waals surface area contributed by atoms with Gasteiger partial charge in [-0.25, -0.2) is 0 Å². The molecular weight excluding hydrogens is 381 g/mol. The van der Waals surface area contributed by atoms with Crippen LogP contribution in [0.1, 0.15) is 40.5 Å². The van der Waals surface area contributed by atoms with Gasteiger partial charge in [0.15, 0.2) is 5.96 Å². The van der Waals surface area contributed by atoms with Crippen LogP contribution in [-0.2, 0) is 9.47 Å². The normalized spacial score (nSPS) is 13.0. The zero-order chi connectivity index (χ0) is 15.2. The number of rotatable bonds is 11. The quantitative estimate of drug-likeness (QED) is 0.236. The number of methoxy groups -OCH3 is 1. The van der Waals surface area contributed by atoms with E-state index in [4.69, 9.17) is 9.47 Å². The molecule has 21 heavy (non-hydrogen) atoms. The summed E-state index contributed by atoms with van der Waals surface area (Å²) in [4.78, 5) is 4.51. The molecule has 6 heteroatoms. The lowest BCUT2D eigenvalue weighted by Crippen LogP contribution is -2.39. The summed E-state index contributed by atoms with van der Waals surface area (Å²) < 4.78 is 10.8. The Bertz CT molecular complexity index is 251. The van der Waals surface area contributed by atoms with E-state index in [0.29, 0.717) is 12.0 Å². The standard InChI is InChI=1S/C15H33N3O2.HI/c1-6-16-15(17-10-8-12-19-5)18-11-9-14(13(3)4)20-7-2;/h13-14H,6-12H2,1-5H3,(H2,16,17,18);1H. The van der Waals surface area contributed by atoms with Crippen LogP contribution in [-0.4, -0.2) is 52.0 Å². The molecule has 0 aliphatic heterocycles. The molecule has 0 aromatic rings. The molecule has 0 radical (unpaired) electrons. The number of aliphatic imine (C=N–C) groups is 1. The molecule has 0 amide bonds. The first kappa shape index (κ1) is 23.2. The second-order valence-corrected chi connectivity index (χ2v) is 5.06. The summed E-state index contributed by atoms with van der Waals surface area (Å²) in [6, 6.07) is 0. The van der Waals surface area contributed by atoms with Gasteiger partial charge in [-0.05, 0) is 32.6 Å². The van der Waals surface area contributed by atoms with Crippen molar-refractivity contribution in [3.63, 3.8) is 0 Å². The summed E-state index contributed by atoms with van der Waals surface area (Å²) >= 11 is 0. The lowest BCUT2D eigenvalue weighted by molar-refractivity contribution is 0.0258. The summed E-state index contributed by atoms with van der Waals surface area (Å²) in [6.07, 6.45) is 2.25. The first-order valence-electron chi connectivity index (χ1n) is 7.78. The minimum Gasteiger partial charge on any atom is -0.385 e. The maximum Gasteiger partial charge on any atom is 0.191 e. The highest BCUT2D eigenvalue weighted by Gasteiger charge is 2.12. The molecule has 2 N–H and O–H groups in total. The van der Waals surface area contributed by atoms with Gasteiger partial charge in [0.05, 0.1) is 6.10 Å². The third kappa shape index (κ3) is 13.3. The Morgan fingerprint density at radius 3 is 2.43 bits per heavy atom. The van der Waals surface area contributed by atoms with Gasteiger partial charge in [-0.2, -0.15) is 0 Å². The van der Waals surface area contributed by atoms with Crippen molar-refractivity contribution in [1.82, 2.24) is 10.6 Å². The number of guanidine groups is 1. The number of hydrogen-bond donors (Lipinski definition) is 2. The van der Waals surface area contributed by atoms with E-state index in [0.717, 1.165) is 51.6 Å². The minimum atomic E-state index is 0. The summed E-state index contributed by atoms with van der Waals surface area (Å²) in [7, 11) is 1.72. The summed E-state index contributed by atoms with van der Waals surface area (Å²) in [6.45, 7) is 12.6. The molecule has 1 unspecified atom stereocenters. The number of halogens is 1. The van der Waals surface area contributed by atoms with Crippen molar-refractivity contribution < 1.29 is 9.47 Å². The van der Waals surface area contributed by atoms with Crippen molar-refractivity contribution in [2.75, 3.05) is 40.0 Å². The van der Waals surface area contributed by atoms with Gasteiger partial charge in [-0.15, -0.1) is 24.0 Å². The monoisotopic (exact) mass is 415 g/mol. The van der Waals surface area contributed by atoms with Crippen LogP contribution in [0.2, 0.25) is 0 Å². The first-order chi connectivity index (χ1) is 9.65. The van der Waals surface area contributed by atoms with E-state index in [-0.39, 0.29) is 24.0 Å². The minimum absolute atomic E-state index is 0. The average molecular weight is 415 g/mol. The Balaban J connectivity index is 0. The van der Waals surface area contributed by atoms with Gasteiger partial charge in [0.2, 0.25) is 0 Å². The number of nitrogens with zero attached hydrogens (tertiary/aromatic N) is 1. The van der Waals surface area contributed by atoms with Gasteiger partial charge in [0, 0.05) is 40.0 Å². The van der Waals surface area contributed by atoms with Gasteiger partial charge in [-0.3, -0.25) is 4.99 Å². The third-order valence-electron chi connectivity index (χ3n) is 2.97. The van der Waals surface area contributed by atoms with Crippen LogP contribution in [0.25, 0.3) is 0 Å². The van der Waals surface area contributed by atoms with E-state index < -0.39 is 0 Å². The molecule has 0 heterocycles. The summed E-state index contributed by atoms with van der Waals surface area (Å²) in [5.41, 5.74) is 0. The number of nitrogens with one attached hydrogen (secondary N) is 2. The van der Waals surface area contributed by atoms with Gasteiger partial charge < -0.3 is 20.1 Å². The Hall–Kier alpha value is -0.0800. The molecule has 0 saturated heterocycles. The van der Waals surface area contributed by atoms with Crippen molar-refractivity contribution in [2.24, 2.45) is 10.9 Å². The van der Waals surface area contributed by atoms with Crippen LogP contribution < -0.4 is 10.6 Å². The predicted octanol–water partition coefficient (Wildman–Crippen LogP) is 2.65. The molecular formula is C15H34IN3O2. The van der Waals surface area contributed by atoms with Crippen molar-refractivity contribution >= 4 is 29.9 Å². The topological polar surface area (TPSA) is 54.9 Å². The molecule has 0 aromatic carbocycles. The molecule has 1 atom stereocenters. The molecule has 0 saturated carbocycles. The highest BCUT2D eigenvalue weighted by molar-refractivity contribution is 14.0. The van der Waals surface area contributed by atoms with Crippen LogP contribution >= 0.6 is 24.0 Å². The van der Waals surface area contributed by atoms with Crippen molar-refractivity contribution in [3.05, 3.63) is 0 Å². The lowest BCUT2D eigenvalue weighted by atomic mass is 10.0. The Morgan fingerprint density at radius 1 is 1.19 bits per heavy atom. The molecule has 0 aliphatic carbocycles. The van der Waals surface area contributed by atoms with E-state index in [1.807, 2.05) is 6.92 Å². The molecule has 5 nitrogen and oxygen atoms in total. The number of hydrogen-bond acceptors (Lipinski definition) is 3. The zero-order valence-electron chi connectivity index (χ0n) is 14.3. The Labute approximate surface area is 147 Å². The maximum absolute atomic E-state index is 5.74. The molecule has 0 fully saturated rings. The van der Waals surface area contributed by atoms with Crippen LogP contribution in [0, 0.1) is 5.92 Å². The average Bonchev–Trinajstić information content (AvgIpc) is 2.42. The summed E-state index contributed by atoms with van der Waals surface area (Å²) in [5, 5.41) is 6.61. The first-order valence-corrected chi connectivity index (χ1v) is 7.78. The molecule has 0 aliphatic rings. The highest BCUT2D eigenvalue weighted by atomic mass is 127. The third-order valence-corrected chi connectivity index (χ3v) is 2.97. The predicted molar refractivity (Wildman–Crippen MR) is 101 cm³/mol. The van der Waals surface area contributed by atoms with E-state index in [1.54, 1.807) is 7.11 Å². The van der Waals surface area contributed by atoms with E-state index in [9.17, 15) is 0 Å². The van der Waals surface area contributed by atoms with Crippen LogP contribution in [0.3, 0.4) is 0 Å². The fraction of sp³-hybridized carbons (Fsp3) is 0.933. The van der Waals surface area contributed by atoms with Gasteiger partial charge in [-0.1, -0.05) is 13.8 Å². The number of ether oxygens (including phenoxy) is 2. The SMILES string of the molecule is CCNC(=NCCCOC)NCCC(OCC)C(C)C.I. The fourth-order valence-electron chi connectivity index (χ4n) is 1.90. The van der Waals surface area contributed by atoms with E-state index in [2.05, 4.69) is 36.4 Å². The van der Waals surface area contributed by atoms with Crippen LogP contribution in [0.4, 0.5) is 0 Å². The van der Waals surface area contributed by atoms with Crippen molar-refractivity contribution in [2.45, 2.75) is 46.6 Å². The summed E-state index contributed by atoms with van der Waals surface area (Å²) in [5.74, 6) is 1.42. The zero-order valence-corrected chi connectivity index (χ0v) is 16.6. The molecule has 128 valence electrons. The second-order valence-electron chi connectivity index (χ2n) is 5.06. The highest BCUT2D eigenvalue weighted by Crippen LogP contribution is 2.09. The molecule has 0 bridgehead atoms. The van der Waals surface area contributed by atoms with E-state index in [1.165, 1.54) is 0 Å². The largest absolute Gasteiger partial charge is 0.385 e. The van der Waals surface area contributed by atoms with Crippen molar-refractivity contribution in [3.8, 4) is 0 Å². The van der Waals surface area contributed by atoms with E-state index >= 15 is 0 Å². The van der Waals surface area contributed by atoms with Crippen molar-refractivity contribution in [1.29, 1.82) is 0 Å².